The van der Waals surface area contributed by atoms with Gasteiger partial charge in [0, 0.05) is 6.54 Å². The molecule has 2 aromatic rings. The molecule has 0 saturated heterocycles. The summed E-state index contributed by atoms with van der Waals surface area (Å²) in [6, 6.07) is 4.00. The predicted molar refractivity (Wildman–Crippen MR) is 74.2 cm³/mol. The van der Waals surface area contributed by atoms with Crippen molar-refractivity contribution in [2.75, 3.05) is 11.9 Å². The number of nitrogens with zero attached hydrogens (tertiary/aromatic N) is 4. The van der Waals surface area contributed by atoms with E-state index in [-0.39, 0.29) is 0 Å². The van der Waals surface area contributed by atoms with Gasteiger partial charge in [-0.25, -0.2) is 14.6 Å². The van der Waals surface area contributed by atoms with Gasteiger partial charge in [-0.3, -0.25) is 0 Å². The van der Waals surface area contributed by atoms with Crippen molar-refractivity contribution in [2.45, 2.75) is 32.1 Å². The van der Waals surface area contributed by atoms with E-state index in [2.05, 4.69) is 20.4 Å². The lowest BCUT2D eigenvalue weighted by molar-refractivity contribution is 0.373. The van der Waals surface area contributed by atoms with Gasteiger partial charge in [0.25, 0.3) is 0 Å². The van der Waals surface area contributed by atoms with Gasteiger partial charge in [-0.15, -0.1) is 0 Å². The van der Waals surface area contributed by atoms with E-state index in [0.717, 1.165) is 24.0 Å². The third-order valence-electron chi connectivity index (χ3n) is 3.72. The van der Waals surface area contributed by atoms with Crippen molar-refractivity contribution in [3.05, 3.63) is 31.0 Å². The fourth-order valence-electron chi connectivity index (χ4n) is 2.61. The second-order valence-electron chi connectivity index (χ2n) is 5.13. The van der Waals surface area contributed by atoms with Gasteiger partial charge in [0.15, 0.2) is 5.82 Å². The Labute approximate surface area is 113 Å². The highest BCUT2D eigenvalue weighted by atomic mass is 15.3. The van der Waals surface area contributed by atoms with Crippen LogP contribution in [0.4, 0.5) is 5.69 Å². The Hall–Kier alpha value is -1.91. The van der Waals surface area contributed by atoms with Crippen LogP contribution < -0.4 is 5.32 Å². The van der Waals surface area contributed by atoms with Gasteiger partial charge in [0.1, 0.15) is 12.7 Å². The molecule has 0 aromatic carbocycles. The molecule has 3 rings (SSSR count). The molecule has 2 aromatic heterocycles. The van der Waals surface area contributed by atoms with Crippen LogP contribution in [0.5, 0.6) is 0 Å². The van der Waals surface area contributed by atoms with Gasteiger partial charge in [-0.05, 0) is 30.9 Å². The molecular weight excluding hydrogens is 238 g/mol. The summed E-state index contributed by atoms with van der Waals surface area (Å²) in [6.07, 6.45) is 11.9. The number of nitrogens with one attached hydrogen (secondary N) is 1. The van der Waals surface area contributed by atoms with E-state index >= 15 is 0 Å². The summed E-state index contributed by atoms with van der Waals surface area (Å²) in [6.45, 7) is 1.06. The Kier molecular flexibility index (Phi) is 3.72. The number of pyridine rings is 1. The van der Waals surface area contributed by atoms with Crippen molar-refractivity contribution in [2.24, 2.45) is 5.92 Å². The summed E-state index contributed by atoms with van der Waals surface area (Å²) in [5, 5.41) is 7.54. The lowest BCUT2D eigenvalue weighted by atomic mass is 9.89. The first-order valence-corrected chi connectivity index (χ1v) is 6.97. The quantitative estimate of drug-likeness (QED) is 0.915. The normalized spacial score (nSPS) is 16.4. The average Bonchev–Trinajstić information content (AvgIpc) is 3.01. The van der Waals surface area contributed by atoms with E-state index < -0.39 is 0 Å². The molecular formula is C14H19N5. The minimum absolute atomic E-state index is 0.792. The van der Waals surface area contributed by atoms with Crippen molar-refractivity contribution in [3.8, 4) is 5.82 Å². The smallest absolute Gasteiger partial charge is 0.155 e. The van der Waals surface area contributed by atoms with Crippen LogP contribution in [0.25, 0.3) is 5.82 Å². The van der Waals surface area contributed by atoms with Crippen molar-refractivity contribution in [1.82, 2.24) is 19.7 Å². The standard InChI is InChI=1S/C14H19N5/c1-2-4-12(5-3-1)8-16-13-6-7-14(17-9-13)19-11-15-10-18-19/h6-7,9-12,16H,1-5,8H2. The van der Waals surface area contributed by atoms with E-state index in [0.29, 0.717) is 0 Å². The summed E-state index contributed by atoms with van der Waals surface area (Å²) >= 11 is 0. The van der Waals surface area contributed by atoms with E-state index in [1.54, 1.807) is 11.0 Å². The molecule has 0 spiro atoms. The third kappa shape index (κ3) is 3.10. The fourth-order valence-corrected chi connectivity index (χ4v) is 2.61. The molecule has 19 heavy (non-hydrogen) atoms. The molecule has 5 heteroatoms. The van der Waals surface area contributed by atoms with Crippen LogP contribution in [0, 0.1) is 5.92 Å². The molecule has 0 aliphatic heterocycles. The summed E-state index contributed by atoms with van der Waals surface area (Å²) in [5.41, 5.74) is 1.08. The van der Waals surface area contributed by atoms with Crippen molar-refractivity contribution in [1.29, 1.82) is 0 Å². The maximum Gasteiger partial charge on any atom is 0.155 e. The SMILES string of the molecule is c1ncn(-c2ccc(NCC3CCCCC3)cn2)n1. The summed E-state index contributed by atoms with van der Waals surface area (Å²) in [4.78, 5) is 8.30. The highest BCUT2D eigenvalue weighted by Crippen LogP contribution is 2.23. The minimum atomic E-state index is 0.792. The van der Waals surface area contributed by atoms with Gasteiger partial charge in [0.2, 0.25) is 0 Å². The van der Waals surface area contributed by atoms with E-state index in [4.69, 9.17) is 0 Å². The molecule has 5 nitrogen and oxygen atoms in total. The van der Waals surface area contributed by atoms with E-state index in [9.17, 15) is 0 Å². The molecule has 0 unspecified atom stereocenters. The molecule has 1 saturated carbocycles. The first kappa shape index (κ1) is 12.1. The third-order valence-corrected chi connectivity index (χ3v) is 3.72. The summed E-state index contributed by atoms with van der Waals surface area (Å²) in [5.74, 6) is 1.62. The summed E-state index contributed by atoms with van der Waals surface area (Å²) < 4.78 is 1.66. The molecule has 100 valence electrons. The van der Waals surface area contributed by atoms with Crippen LogP contribution in [0.1, 0.15) is 32.1 Å². The van der Waals surface area contributed by atoms with Gasteiger partial charge in [-0.1, -0.05) is 19.3 Å². The van der Waals surface area contributed by atoms with Crippen LogP contribution in [0.3, 0.4) is 0 Å². The number of anilines is 1. The van der Waals surface area contributed by atoms with Crippen LogP contribution in [0.15, 0.2) is 31.0 Å². The molecule has 1 N–H and O–H groups in total. The van der Waals surface area contributed by atoms with Crippen LogP contribution in [-0.2, 0) is 0 Å². The fraction of sp³-hybridized carbons (Fsp3) is 0.500. The molecule has 1 aliphatic carbocycles. The number of hydrogen-bond donors (Lipinski definition) is 1. The maximum atomic E-state index is 4.38. The molecule has 2 heterocycles. The predicted octanol–water partition coefficient (Wildman–Crippen LogP) is 2.65. The molecule has 1 aliphatic rings. The first-order valence-electron chi connectivity index (χ1n) is 6.97. The van der Waals surface area contributed by atoms with E-state index in [1.165, 1.54) is 38.4 Å². The highest BCUT2D eigenvalue weighted by Gasteiger charge is 2.12. The molecule has 1 fully saturated rings. The Bertz CT molecular complexity index is 485. The van der Waals surface area contributed by atoms with Gasteiger partial charge < -0.3 is 5.32 Å². The molecule has 0 amide bonds. The van der Waals surface area contributed by atoms with Crippen LogP contribution in [-0.4, -0.2) is 26.3 Å². The second-order valence-corrected chi connectivity index (χ2v) is 5.13. The van der Waals surface area contributed by atoms with Crippen LogP contribution >= 0.6 is 0 Å². The zero-order valence-corrected chi connectivity index (χ0v) is 11.0. The van der Waals surface area contributed by atoms with E-state index in [1.807, 2.05) is 18.3 Å². The minimum Gasteiger partial charge on any atom is -0.384 e. The largest absolute Gasteiger partial charge is 0.384 e. The van der Waals surface area contributed by atoms with Crippen LogP contribution in [0.2, 0.25) is 0 Å². The highest BCUT2D eigenvalue weighted by molar-refractivity contribution is 5.43. The van der Waals surface area contributed by atoms with Gasteiger partial charge >= 0.3 is 0 Å². The lowest BCUT2D eigenvalue weighted by Crippen LogP contribution is -2.17. The average molecular weight is 257 g/mol. The van der Waals surface area contributed by atoms with Crippen molar-refractivity contribution < 1.29 is 0 Å². The van der Waals surface area contributed by atoms with Gasteiger partial charge in [-0.2, -0.15) is 5.10 Å². The zero-order valence-electron chi connectivity index (χ0n) is 11.0. The molecule has 0 radical (unpaired) electrons. The Morgan fingerprint density at radius 2 is 2.11 bits per heavy atom. The maximum absolute atomic E-state index is 4.38. The topological polar surface area (TPSA) is 55.6 Å². The molecule has 0 atom stereocenters. The van der Waals surface area contributed by atoms with Crippen molar-refractivity contribution >= 4 is 5.69 Å². The summed E-state index contributed by atoms with van der Waals surface area (Å²) in [7, 11) is 0. The Morgan fingerprint density at radius 3 is 2.79 bits per heavy atom. The second kappa shape index (κ2) is 5.82. The Balaban J connectivity index is 1.57. The Morgan fingerprint density at radius 1 is 1.21 bits per heavy atom. The molecule has 0 bridgehead atoms. The lowest BCUT2D eigenvalue weighted by Gasteiger charge is -2.22. The zero-order chi connectivity index (χ0) is 12.9. The number of hydrogen-bond acceptors (Lipinski definition) is 4. The van der Waals surface area contributed by atoms with Crippen molar-refractivity contribution in [3.63, 3.8) is 0 Å². The number of aromatic nitrogens is 4. The van der Waals surface area contributed by atoms with Gasteiger partial charge in [0.05, 0.1) is 11.9 Å². The monoisotopic (exact) mass is 257 g/mol. The number of rotatable bonds is 4. The first-order chi connectivity index (χ1) is 9.42.